The van der Waals surface area contributed by atoms with Gasteiger partial charge in [-0.15, -0.1) is 0 Å². The second-order valence-electron chi connectivity index (χ2n) is 9.82. The van der Waals surface area contributed by atoms with Gasteiger partial charge in [0.05, 0.1) is 19.2 Å². The normalized spacial score (nSPS) is 12.5. The quantitative estimate of drug-likeness (QED) is 0.208. The summed E-state index contributed by atoms with van der Waals surface area (Å²) in [7, 11) is 1.28. The van der Waals surface area contributed by atoms with Crippen LogP contribution in [0.4, 0.5) is 4.79 Å². The number of nitrogens with zero attached hydrogens (tertiary/aromatic N) is 1. The van der Waals surface area contributed by atoms with Crippen LogP contribution in [0, 0.1) is 0 Å². The highest BCUT2D eigenvalue weighted by molar-refractivity contribution is 6.30. The molecular weight excluding hydrogens is 558 g/mol. The Kier molecular flexibility index (Phi) is 8.45. The largest absolute Gasteiger partial charge is 0.480 e. The van der Waals surface area contributed by atoms with E-state index in [0.29, 0.717) is 27.6 Å². The highest BCUT2D eigenvalue weighted by Crippen LogP contribution is 2.44. The molecule has 0 radical (unpaired) electrons. The third kappa shape index (κ3) is 5.94. The molecule has 0 saturated carbocycles. The van der Waals surface area contributed by atoms with Crippen LogP contribution in [0.15, 0.2) is 91.0 Å². The zero-order valence-electron chi connectivity index (χ0n) is 23.0. The van der Waals surface area contributed by atoms with E-state index in [0.717, 1.165) is 27.2 Å². The summed E-state index contributed by atoms with van der Waals surface area (Å²) in [5.74, 6) is -1.27. The van der Waals surface area contributed by atoms with Crippen LogP contribution in [0.3, 0.4) is 0 Å². The first-order chi connectivity index (χ1) is 20.3. The van der Waals surface area contributed by atoms with Crippen LogP contribution in [0.5, 0.6) is 11.5 Å². The van der Waals surface area contributed by atoms with Crippen molar-refractivity contribution in [2.45, 2.75) is 25.4 Å². The molecule has 1 aliphatic carbocycles. The molecule has 5 rings (SSSR count). The predicted octanol–water partition coefficient (Wildman–Crippen LogP) is 7.14. The van der Waals surface area contributed by atoms with Gasteiger partial charge < -0.3 is 19.3 Å². The number of carboxylic acid groups (broad SMARTS) is 1. The summed E-state index contributed by atoms with van der Waals surface area (Å²) in [4.78, 5) is 38.6. The Morgan fingerprint density at radius 2 is 1.57 bits per heavy atom. The van der Waals surface area contributed by atoms with E-state index < -0.39 is 24.1 Å². The molecule has 1 N–H and O–H groups in total. The Balaban J connectivity index is 1.39. The molecule has 0 spiro atoms. The maximum absolute atomic E-state index is 13.5. The van der Waals surface area contributed by atoms with Crippen molar-refractivity contribution in [3.63, 3.8) is 0 Å². The number of benzene rings is 4. The number of hydrogen-bond donors (Lipinski definition) is 1. The van der Waals surface area contributed by atoms with Crippen LogP contribution in [0.2, 0.25) is 5.02 Å². The van der Waals surface area contributed by atoms with Crippen molar-refractivity contribution in [1.82, 2.24) is 4.90 Å². The molecule has 0 aliphatic heterocycles. The number of amides is 1. The van der Waals surface area contributed by atoms with E-state index in [-0.39, 0.29) is 19.1 Å². The molecule has 1 atom stereocenters. The van der Waals surface area contributed by atoms with E-state index in [1.54, 1.807) is 36.4 Å². The smallest absolute Gasteiger partial charge is 0.410 e. The van der Waals surface area contributed by atoms with Gasteiger partial charge in [-0.3, -0.25) is 4.90 Å². The first kappa shape index (κ1) is 28.7. The van der Waals surface area contributed by atoms with Gasteiger partial charge in [0.2, 0.25) is 0 Å². The summed E-state index contributed by atoms with van der Waals surface area (Å²) in [5, 5.41) is 10.2. The van der Waals surface area contributed by atoms with Gasteiger partial charge in [-0.25, -0.2) is 14.4 Å². The minimum absolute atomic E-state index is 0.0417. The number of carboxylic acids is 1. The highest BCUT2D eigenvalue weighted by Gasteiger charge is 2.32. The second kappa shape index (κ2) is 12.4. The fourth-order valence-electron chi connectivity index (χ4n) is 5.04. The average Bonchev–Trinajstić information content (AvgIpc) is 3.32. The van der Waals surface area contributed by atoms with Gasteiger partial charge in [0.15, 0.2) is 0 Å². The summed E-state index contributed by atoms with van der Waals surface area (Å²) >= 11 is 6.25. The zero-order valence-corrected chi connectivity index (χ0v) is 23.7. The number of rotatable bonds is 9. The molecule has 1 aliphatic rings. The Hall–Kier alpha value is -4.82. The number of hydrogen-bond acceptors (Lipinski definition) is 6. The van der Waals surface area contributed by atoms with Crippen LogP contribution in [-0.2, 0) is 20.8 Å². The lowest BCUT2D eigenvalue weighted by Crippen LogP contribution is -2.43. The molecule has 0 heterocycles. The van der Waals surface area contributed by atoms with Gasteiger partial charge in [-0.1, -0.05) is 72.3 Å². The molecule has 8 nitrogen and oxygen atoms in total. The zero-order chi connectivity index (χ0) is 29.8. The lowest BCUT2D eigenvalue weighted by molar-refractivity contribution is -0.142. The van der Waals surface area contributed by atoms with Gasteiger partial charge in [0.1, 0.15) is 24.1 Å². The van der Waals surface area contributed by atoms with Crippen molar-refractivity contribution in [2.75, 3.05) is 13.7 Å². The molecule has 0 bridgehead atoms. The van der Waals surface area contributed by atoms with Gasteiger partial charge in [-0.05, 0) is 59.5 Å². The Morgan fingerprint density at radius 3 is 2.21 bits per heavy atom. The fraction of sp³-hybridized carbons (Fsp3) is 0.182. The van der Waals surface area contributed by atoms with Crippen molar-refractivity contribution in [1.29, 1.82) is 0 Å². The summed E-state index contributed by atoms with van der Waals surface area (Å²) in [6, 6.07) is 26.0. The lowest BCUT2D eigenvalue weighted by Gasteiger charge is -2.27. The van der Waals surface area contributed by atoms with Crippen molar-refractivity contribution in [3.05, 3.63) is 118 Å². The van der Waals surface area contributed by atoms with Gasteiger partial charge in [-0.2, -0.15) is 0 Å². The fourth-order valence-corrected chi connectivity index (χ4v) is 5.20. The number of halogens is 1. The molecule has 1 amide bonds. The lowest BCUT2D eigenvalue weighted by atomic mass is 9.98. The Morgan fingerprint density at radius 1 is 0.905 bits per heavy atom. The third-order valence-corrected chi connectivity index (χ3v) is 7.48. The van der Waals surface area contributed by atoms with Gasteiger partial charge in [0.25, 0.3) is 0 Å². The minimum atomic E-state index is -1.20. The van der Waals surface area contributed by atoms with Crippen LogP contribution >= 0.6 is 11.6 Å². The molecule has 9 heteroatoms. The summed E-state index contributed by atoms with van der Waals surface area (Å²) < 4.78 is 16.6. The van der Waals surface area contributed by atoms with E-state index in [9.17, 15) is 19.5 Å². The van der Waals surface area contributed by atoms with Crippen LogP contribution in [-0.4, -0.2) is 47.8 Å². The number of ether oxygens (including phenoxy) is 3. The number of methoxy groups -OCH3 is 1. The van der Waals surface area contributed by atoms with Crippen LogP contribution < -0.4 is 4.74 Å². The van der Waals surface area contributed by atoms with Gasteiger partial charge in [0, 0.05) is 16.5 Å². The minimum Gasteiger partial charge on any atom is -0.480 e. The van der Waals surface area contributed by atoms with Crippen molar-refractivity contribution < 1.29 is 33.7 Å². The van der Waals surface area contributed by atoms with E-state index in [1.165, 1.54) is 20.1 Å². The number of fused-ring (bicyclic) bond motifs is 3. The topological polar surface area (TPSA) is 102 Å². The Labute approximate surface area is 248 Å². The van der Waals surface area contributed by atoms with Crippen LogP contribution in [0.25, 0.3) is 11.1 Å². The summed E-state index contributed by atoms with van der Waals surface area (Å²) in [5.41, 5.74) is 5.05. The molecule has 4 aromatic rings. The molecule has 214 valence electrons. The monoisotopic (exact) mass is 585 g/mol. The van der Waals surface area contributed by atoms with E-state index in [1.807, 2.05) is 48.5 Å². The van der Waals surface area contributed by atoms with E-state index in [2.05, 4.69) is 0 Å². The SMILES string of the molecule is COC(=O)c1cccc(Oc2cc(Cl)ccc2CN(C(=O)OCC2c3ccccc3-c3ccccc32)[C@@H](C)C(=O)O)c1. The second-order valence-corrected chi connectivity index (χ2v) is 10.3. The standard InChI is InChI=1S/C33H28ClNO7/c1-20(31(36)37)35(33(39)41-19-29-27-12-5-3-10-25(27)26-11-4-6-13-28(26)29)18-22-14-15-23(34)17-30(22)42-24-9-7-8-21(16-24)32(38)40-2/h3-17,20,29H,18-19H2,1-2H3,(H,36,37)/t20-/m0/s1. The molecular formula is C33H28ClNO7. The average molecular weight is 586 g/mol. The molecule has 0 unspecified atom stereocenters. The van der Waals surface area contributed by atoms with Crippen LogP contribution in [0.1, 0.15) is 39.9 Å². The summed E-state index contributed by atoms with van der Waals surface area (Å²) in [6.45, 7) is 1.33. The molecule has 4 aromatic carbocycles. The molecule has 0 saturated heterocycles. The Bertz CT molecular complexity index is 1610. The molecule has 42 heavy (non-hydrogen) atoms. The number of esters is 1. The first-order valence-electron chi connectivity index (χ1n) is 13.3. The van der Waals surface area contributed by atoms with E-state index in [4.69, 9.17) is 25.8 Å². The highest BCUT2D eigenvalue weighted by atomic mass is 35.5. The number of carbonyl (C=O) groups is 3. The predicted molar refractivity (Wildman–Crippen MR) is 157 cm³/mol. The van der Waals surface area contributed by atoms with Crippen molar-refractivity contribution in [2.24, 2.45) is 0 Å². The van der Waals surface area contributed by atoms with Crippen molar-refractivity contribution >= 4 is 29.6 Å². The molecule has 0 aromatic heterocycles. The first-order valence-corrected chi connectivity index (χ1v) is 13.6. The summed E-state index contributed by atoms with van der Waals surface area (Å²) in [6.07, 6.45) is -0.777. The maximum atomic E-state index is 13.5. The maximum Gasteiger partial charge on any atom is 0.410 e. The molecule has 0 fully saturated rings. The van der Waals surface area contributed by atoms with Gasteiger partial charge >= 0.3 is 18.0 Å². The third-order valence-electron chi connectivity index (χ3n) is 7.25. The number of aliphatic carboxylic acids is 1. The van der Waals surface area contributed by atoms with Crippen molar-refractivity contribution in [3.8, 4) is 22.6 Å². The number of carbonyl (C=O) groups excluding carboxylic acids is 2. The van der Waals surface area contributed by atoms with E-state index >= 15 is 0 Å².